The van der Waals surface area contributed by atoms with Gasteiger partial charge in [-0.1, -0.05) is 43.7 Å². The molecule has 2 N–H and O–H groups in total. The lowest BCUT2D eigenvalue weighted by Gasteiger charge is -2.18. The highest BCUT2D eigenvalue weighted by molar-refractivity contribution is 7.13. The molecule has 0 saturated heterocycles. The van der Waals surface area contributed by atoms with Crippen molar-refractivity contribution in [3.63, 3.8) is 0 Å². The van der Waals surface area contributed by atoms with E-state index in [-0.39, 0.29) is 30.9 Å². The minimum atomic E-state index is -0.399. The molecule has 0 fully saturated rings. The van der Waals surface area contributed by atoms with Crippen LogP contribution in [0.5, 0.6) is 0 Å². The summed E-state index contributed by atoms with van der Waals surface area (Å²) in [5.74, 6) is 0.0729. The zero-order valence-electron chi connectivity index (χ0n) is 21.2. The van der Waals surface area contributed by atoms with Gasteiger partial charge < -0.3 is 10.5 Å². The average molecular weight is 547 g/mol. The summed E-state index contributed by atoms with van der Waals surface area (Å²) in [5, 5.41) is 3.56. The standard InChI is InChI=1S/C28H31N3O2S.2ClH/c1-16(2)12-24-22(14-29)26(19-8-6-18(5)7-9-19)21-13-20(10-11-23(21)30-24)27-31-25(15-34-27)28(32)33-17(3)4;;/h6-11,13,15-17H,12,14,29H2,1-5H3;2*1H. The summed E-state index contributed by atoms with van der Waals surface area (Å²) in [6.45, 7) is 10.6. The Morgan fingerprint density at radius 2 is 1.67 bits per heavy atom. The molecular weight excluding hydrogens is 513 g/mol. The fraction of sp³-hybridized carbons (Fsp3) is 0.321. The maximum Gasteiger partial charge on any atom is 0.358 e. The molecule has 0 aliphatic carbocycles. The molecule has 0 aliphatic heterocycles. The lowest BCUT2D eigenvalue weighted by atomic mass is 9.90. The molecule has 0 saturated carbocycles. The van der Waals surface area contributed by atoms with E-state index in [0.717, 1.165) is 50.3 Å². The summed E-state index contributed by atoms with van der Waals surface area (Å²) < 4.78 is 5.30. The summed E-state index contributed by atoms with van der Waals surface area (Å²) in [4.78, 5) is 21.9. The first kappa shape index (κ1) is 29.7. The number of thiazole rings is 1. The summed E-state index contributed by atoms with van der Waals surface area (Å²) in [6, 6.07) is 14.7. The Balaban J connectivity index is 0.00000228. The van der Waals surface area contributed by atoms with Gasteiger partial charge in [-0.3, -0.25) is 4.98 Å². The highest BCUT2D eigenvalue weighted by atomic mass is 35.5. The van der Waals surface area contributed by atoms with Crippen molar-refractivity contribution in [2.24, 2.45) is 11.7 Å². The van der Waals surface area contributed by atoms with Crippen LogP contribution in [0.3, 0.4) is 0 Å². The number of ether oxygens (including phenoxy) is 1. The van der Waals surface area contributed by atoms with Crippen LogP contribution in [-0.2, 0) is 17.7 Å². The number of pyridine rings is 1. The van der Waals surface area contributed by atoms with E-state index < -0.39 is 5.97 Å². The molecule has 4 aromatic rings. The normalized spacial score (nSPS) is 10.9. The fourth-order valence-electron chi connectivity index (χ4n) is 4.09. The Kier molecular flexibility index (Phi) is 10.4. The van der Waals surface area contributed by atoms with Gasteiger partial charge in [-0.05, 0) is 68.0 Å². The van der Waals surface area contributed by atoms with Gasteiger partial charge in [0.25, 0.3) is 0 Å². The Hall–Kier alpha value is -2.51. The van der Waals surface area contributed by atoms with Crippen LogP contribution in [0.1, 0.15) is 55.0 Å². The first-order chi connectivity index (χ1) is 16.3. The zero-order valence-corrected chi connectivity index (χ0v) is 23.7. The Morgan fingerprint density at radius 1 is 1.00 bits per heavy atom. The lowest BCUT2D eigenvalue weighted by Crippen LogP contribution is -2.11. The number of hydrogen-bond acceptors (Lipinski definition) is 6. The molecule has 192 valence electrons. The SMILES string of the molecule is Cc1ccc(-c2c(CN)c(CC(C)C)nc3ccc(-c4nc(C(=O)OC(C)C)cs4)cc23)cc1.Cl.Cl. The largest absolute Gasteiger partial charge is 0.458 e. The molecule has 4 rings (SSSR count). The quantitative estimate of drug-likeness (QED) is 0.245. The van der Waals surface area contributed by atoms with E-state index >= 15 is 0 Å². The first-order valence-electron chi connectivity index (χ1n) is 11.7. The number of nitrogens with zero attached hydrogens (tertiary/aromatic N) is 2. The van der Waals surface area contributed by atoms with Crippen molar-refractivity contribution in [3.8, 4) is 21.7 Å². The first-order valence-corrected chi connectivity index (χ1v) is 12.5. The molecule has 2 aromatic carbocycles. The third-order valence-corrected chi connectivity index (χ3v) is 6.51. The van der Waals surface area contributed by atoms with Gasteiger partial charge in [-0.2, -0.15) is 0 Å². The van der Waals surface area contributed by atoms with Crippen molar-refractivity contribution in [3.05, 3.63) is 70.4 Å². The third kappa shape index (κ3) is 6.43. The second-order valence-corrected chi connectivity index (χ2v) is 10.2. The molecule has 2 heterocycles. The maximum absolute atomic E-state index is 12.3. The van der Waals surface area contributed by atoms with E-state index in [1.807, 2.05) is 26.0 Å². The smallest absolute Gasteiger partial charge is 0.358 e. The van der Waals surface area contributed by atoms with E-state index in [0.29, 0.717) is 18.2 Å². The Morgan fingerprint density at radius 3 is 2.28 bits per heavy atom. The molecule has 0 bridgehead atoms. The Bertz CT molecular complexity index is 1330. The summed E-state index contributed by atoms with van der Waals surface area (Å²) >= 11 is 1.43. The van der Waals surface area contributed by atoms with E-state index in [1.165, 1.54) is 16.9 Å². The van der Waals surface area contributed by atoms with Crippen LogP contribution < -0.4 is 5.73 Å². The van der Waals surface area contributed by atoms with Crippen molar-refractivity contribution in [2.75, 3.05) is 0 Å². The number of fused-ring (bicyclic) bond motifs is 1. The van der Waals surface area contributed by atoms with Crippen molar-refractivity contribution in [1.82, 2.24) is 9.97 Å². The minimum Gasteiger partial charge on any atom is -0.458 e. The molecule has 2 aromatic heterocycles. The lowest BCUT2D eigenvalue weighted by molar-refractivity contribution is 0.0372. The van der Waals surface area contributed by atoms with Crippen molar-refractivity contribution in [2.45, 2.75) is 53.7 Å². The van der Waals surface area contributed by atoms with E-state index in [4.69, 9.17) is 15.5 Å². The number of rotatable bonds is 7. The fourth-order valence-corrected chi connectivity index (χ4v) is 4.87. The number of aromatic nitrogens is 2. The Labute approximate surface area is 229 Å². The van der Waals surface area contributed by atoms with E-state index in [9.17, 15) is 4.79 Å². The van der Waals surface area contributed by atoms with Gasteiger partial charge in [-0.25, -0.2) is 9.78 Å². The topological polar surface area (TPSA) is 78.1 Å². The number of nitrogens with two attached hydrogens (primary N) is 1. The summed E-state index contributed by atoms with van der Waals surface area (Å²) in [7, 11) is 0. The summed E-state index contributed by atoms with van der Waals surface area (Å²) in [6.07, 6.45) is 0.688. The molecule has 0 radical (unpaired) electrons. The molecule has 8 heteroatoms. The van der Waals surface area contributed by atoms with Crippen LogP contribution in [0, 0.1) is 12.8 Å². The molecule has 0 spiro atoms. The van der Waals surface area contributed by atoms with Crippen LogP contribution in [0.25, 0.3) is 32.6 Å². The number of aryl methyl sites for hydroxylation is 1. The highest BCUT2D eigenvalue weighted by Crippen LogP contribution is 2.37. The predicted octanol–water partition coefficient (Wildman–Crippen LogP) is 7.40. The molecule has 36 heavy (non-hydrogen) atoms. The van der Waals surface area contributed by atoms with Crippen molar-refractivity contribution >= 4 is 53.0 Å². The maximum atomic E-state index is 12.3. The van der Waals surface area contributed by atoms with Crippen LogP contribution >= 0.6 is 36.2 Å². The number of carbonyl (C=O) groups is 1. The molecular formula is C28H33Cl2N3O2S. The van der Waals surface area contributed by atoms with Crippen molar-refractivity contribution < 1.29 is 9.53 Å². The van der Waals surface area contributed by atoms with Crippen LogP contribution in [0.15, 0.2) is 47.8 Å². The van der Waals surface area contributed by atoms with Gasteiger partial charge in [0.2, 0.25) is 0 Å². The van der Waals surface area contributed by atoms with Crippen molar-refractivity contribution in [1.29, 1.82) is 0 Å². The number of benzene rings is 2. The molecule has 5 nitrogen and oxygen atoms in total. The summed E-state index contributed by atoms with van der Waals surface area (Å²) in [5.41, 5.74) is 14.1. The van der Waals surface area contributed by atoms with Gasteiger partial charge in [0.1, 0.15) is 5.01 Å². The molecule has 0 atom stereocenters. The average Bonchev–Trinajstić information content (AvgIpc) is 3.28. The number of carbonyl (C=O) groups excluding carboxylic acids is 1. The van der Waals surface area contributed by atoms with E-state index in [2.05, 4.69) is 56.1 Å². The zero-order chi connectivity index (χ0) is 24.4. The number of esters is 1. The van der Waals surface area contributed by atoms with Crippen LogP contribution in [-0.4, -0.2) is 22.0 Å². The van der Waals surface area contributed by atoms with Gasteiger partial charge in [0.15, 0.2) is 5.69 Å². The number of hydrogen-bond donors (Lipinski definition) is 1. The minimum absolute atomic E-state index is 0. The van der Waals surface area contributed by atoms with Crippen LogP contribution in [0.2, 0.25) is 0 Å². The molecule has 0 unspecified atom stereocenters. The molecule has 0 amide bonds. The van der Waals surface area contributed by atoms with Gasteiger partial charge in [-0.15, -0.1) is 36.2 Å². The predicted molar refractivity (Wildman–Crippen MR) is 155 cm³/mol. The number of halogens is 2. The van der Waals surface area contributed by atoms with Gasteiger partial charge >= 0.3 is 5.97 Å². The van der Waals surface area contributed by atoms with Crippen LogP contribution in [0.4, 0.5) is 0 Å². The highest BCUT2D eigenvalue weighted by Gasteiger charge is 2.19. The van der Waals surface area contributed by atoms with E-state index in [1.54, 1.807) is 5.38 Å². The van der Waals surface area contributed by atoms with Gasteiger partial charge in [0, 0.05) is 28.6 Å². The third-order valence-electron chi connectivity index (χ3n) is 5.62. The monoisotopic (exact) mass is 545 g/mol. The second kappa shape index (κ2) is 12.6. The van der Waals surface area contributed by atoms with Gasteiger partial charge in [0.05, 0.1) is 11.6 Å². The molecule has 0 aliphatic rings. The second-order valence-electron chi connectivity index (χ2n) is 9.30.